The van der Waals surface area contributed by atoms with Crippen LogP contribution in [0.1, 0.15) is 41.5 Å². The Morgan fingerprint density at radius 2 is 1.23 bits per heavy atom. The lowest BCUT2D eigenvalue weighted by Crippen LogP contribution is -2.01. The molecule has 0 bridgehead atoms. The molecule has 0 amide bonds. The maximum absolute atomic E-state index is 2.46. The summed E-state index contributed by atoms with van der Waals surface area (Å²) in [6, 6.07) is 36.8. The lowest BCUT2D eigenvalue weighted by molar-refractivity contribution is 0.852. The van der Waals surface area contributed by atoms with E-state index in [9.17, 15) is 0 Å². The van der Waals surface area contributed by atoms with E-state index in [1.165, 1.54) is 82.4 Å². The van der Waals surface area contributed by atoms with E-state index in [1.807, 2.05) is 0 Å². The maximum Gasteiger partial charge on any atom is 0.00646 e. The van der Waals surface area contributed by atoms with Gasteiger partial charge in [0.05, 0.1) is 0 Å². The highest BCUT2D eigenvalue weighted by molar-refractivity contribution is 6.29. The molecule has 1 unspecified atom stereocenters. The Kier molecular flexibility index (Phi) is 5.93. The molecule has 1 aliphatic carbocycles. The molecule has 0 saturated heterocycles. The highest BCUT2D eigenvalue weighted by Crippen LogP contribution is 2.46. The summed E-state index contributed by atoms with van der Waals surface area (Å²) in [5, 5.41) is 8.10. The molecule has 0 heteroatoms. The highest BCUT2D eigenvalue weighted by Gasteiger charge is 2.21. The van der Waals surface area contributed by atoms with Crippen LogP contribution in [-0.4, -0.2) is 0 Å². The minimum atomic E-state index is 0.354. The molecule has 0 aromatic heterocycles. The van der Waals surface area contributed by atoms with Crippen molar-refractivity contribution in [2.75, 3.05) is 0 Å². The van der Waals surface area contributed by atoms with Gasteiger partial charge in [-0.25, -0.2) is 0 Å². The van der Waals surface area contributed by atoms with Gasteiger partial charge in [0, 0.05) is 5.92 Å². The standard InChI is InChI=1S/C40H34/c1-25-8-5-11-29(20-25)30-15-17-35-37-23-28(4)14-16-36(37)39-33(31-12-6-9-26(2)21-31)18-19-34(40(39)38(35)24-30)32-13-7-10-27(3)22-32/h5-12,14-24,32H,13H2,1-4H3. The van der Waals surface area contributed by atoms with Crippen LogP contribution in [0.4, 0.5) is 0 Å². The van der Waals surface area contributed by atoms with Crippen molar-refractivity contribution in [1.29, 1.82) is 0 Å². The number of fused-ring (bicyclic) bond motifs is 6. The molecule has 194 valence electrons. The number of allylic oxidation sites excluding steroid dienone is 4. The van der Waals surface area contributed by atoms with Crippen molar-refractivity contribution in [3.8, 4) is 22.3 Å². The summed E-state index contributed by atoms with van der Waals surface area (Å²) in [6.07, 6.45) is 8.08. The average Bonchev–Trinajstić information content (AvgIpc) is 2.96. The second-order valence-electron chi connectivity index (χ2n) is 11.7. The zero-order chi connectivity index (χ0) is 27.4. The van der Waals surface area contributed by atoms with Crippen molar-refractivity contribution < 1.29 is 0 Å². The third kappa shape index (κ3) is 4.16. The van der Waals surface area contributed by atoms with Gasteiger partial charge in [0.25, 0.3) is 0 Å². The third-order valence-electron chi connectivity index (χ3n) is 8.58. The van der Waals surface area contributed by atoms with Gasteiger partial charge in [0.2, 0.25) is 0 Å². The van der Waals surface area contributed by atoms with Crippen molar-refractivity contribution in [2.45, 2.75) is 40.0 Å². The Balaban J connectivity index is 1.68. The molecule has 0 nitrogen and oxygen atoms in total. The van der Waals surface area contributed by atoms with Gasteiger partial charge < -0.3 is 0 Å². The van der Waals surface area contributed by atoms with E-state index in [-0.39, 0.29) is 0 Å². The van der Waals surface area contributed by atoms with Gasteiger partial charge in [0.15, 0.2) is 0 Å². The predicted octanol–water partition coefficient (Wildman–Crippen LogP) is 11.4. The van der Waals surface area contributed by atoms with Crippen molar-refractivity contribution >= 4 is 32.3 Å². The number of hydrogen-bond acceptors (Lipinski definition) is 0. The minimum absolute atomic E-state index is 0.354. The largest absolute Gasteiger partial charge is 0.0834 e. The topological polar surface area (TPSA) is 0 Å². The van der Waals surface area contributed by atoms with E-state index in [4.69, 9.17) is 0 Å². The second-order valence-corrected chi connectivity index (χ2v) is 11.7. The first-order valence-corrected chi connectivity index (χ1v) is 14.4. The van der Waals surface area contributed by atoms with Crippen molar-refractivity contribution in [2.24, 2.45) is 0 Å². The summed E-state index contributed by atoms with van der Waals surface area (Å²) in [6.45, 7) is 8.79. The SMILES string of the molecule is CC1=CC(c2ccc(-c3cccc(C)c3)c3c4ccc(C)cc4c4ccc(-c5cccc(C)c5)cc4c23)CC=C1. The smallest absolute Gasteiger partial charge is 0.00646 e. The fraction of sp³-hybridized carbons (Fsp3) is 0.150. The van der Waals surface area contributed by atoms with Gasteiger partial charge in [0.1, 0.15) is 0 Å². The van der Waals surface area contributed by atoms with E-state index in [0.717, 1.165) is 6.42 Å². The normalized spacial score (nSPS) is 15.2. The molecule has 1 atom stereocenters. The molecule has 0 aliphatic heterocycles. The molecular weight excluding hydrogens is 480 g/mol. The van der Waals surface area contributed by atoms with Crippen LogP contribution in [0.2, 0.25) is 0 Å². The monoisotopic (exact) mass is 514 g/mol. The Bertz CT molecular complexity index is 2010. The molecule has 0 spiro atoms. The number of benzene rings is 6. The number of aryl methyl sites for hydroxylation is 3. The molecule has 0 heterocycles. The van der Waals surface area contributed by atoms with E-state index >= 15 is 0 Å². The van der Waals surface area contributed by atoms with Crippen molar-refractivity contribution in [3.63, 3.8) is 0 Å². The molecule has 1 aliphatic rings. The van der Waals surface area contributed by atoms with Crippen LogP contribution in [0.15, 0.2) is 121 Å². The summed E-state index contributed by atoms with van der Waals surface area (Å²) in [5.74, 6) is 0.354. The quantitative estimate of drug-likeness (QED) is 0.206. The summed E-state index contributed by atoms with van der Waals surface area (Å²) in [4.78, 5) is 0. The van der Waals surface area contributed by atoms with Crippen molar-refractivity contribution in [1.82, 2.24) is 0 Å². The first-order valence-electron chi connectivity index (χ1n) is 14.4. The summed E-state index contributed by atoms with van der Waals surface area (Å²) in [7, 11) is 0. The first kappa shape index (κ1) is 24.6. The summed E-state index contributed by atoms with van der Waals surface area (Å²) in [5.41, 5.74) is 11.8. The Morgan fingerprint density at radius 3 is 2.00 bits per heavy atom. The van der Waals surface area contributed by atoms with Crippen LogP contribution in [0, 0.1) is 20.8 Å². The Labute approximate surface area is 237 Å². The molecule has 7 rings (SSSR count). The first-order chi connectivity index (χ1) is 19.5. The van der Waals surface area contributed by atoms with Crippen molar-refractivity contribution in [3.05, 3.63) is 143 Å². The van der Waals surface area contributed by atoms with Crippen LogP contribution >= 0.6 is 0 Å². The minimum Gasteiger partial charge on any atom is -0.0834 e. The third-order valence-corrected chi connectivity index (χ3v) is 8.58. The Morgan fingerprint density at radius 1 is 0.525 bits per heavy atom. The average molecular weight is 515 g/mol. The fourth-order valence-corrected chi connectivity index (χ4v) is 6.70. The predicted molar refractivity (Wildman–Crippen MR) is 174 cm³/mol. The van der Waals surface area contributed by atoms with Crippen LogP contribution < -0.4 is 0 Å². The molecule has 6 aromatic rings. The van der Waals surface area contributed by atoms with E-state index in [0.29, 0.717) is 5.92 Å². The van der Waals surface area contributed by atoms with E-state index in [2.05, 4.69) is 143 Å². The lowest BCUT2D eigenvalue weighted by Gasteiger charge is -2.23. The highest BCUT2D eigenvalue weighted by atomic mass is 14.2. The zero-order valence-corrected chi connectivity index (χ0v) is 23.8. The second kappa shape index (κ2) is 9.65. The summed E-state index contributed by atoms with van der Waals surface area (Å²) < 4.78 is 0. The molecule has 0 radical (unpaired) electrons. The van der Waals surface area contributed by atoms with Crippen LogP contribution in [-0.2, 0) is 0 Å². The van der Waals surface area contributed by atoms with Gasteiger partial charge in [-0.2, -0.15) is 0 Å². The zero-order valence-electron chi connectivity index (χ0n) is 23.8. The van der Waals surface area contributed by atoms with Gasteiger partial charge in [-0.05, 0) is 100 Å². The number of hydrogen-bond donors (Lipinski definition) is 0. The van der Waals surface area contributed by atoms with Gasteiger partial charge in [-0.15, -0.1) is 0 Å². The van der Waals surface area contributed by atoms with Gasteiger partial charge in [-0.3, -0.25) is 0 Å². The van der Waals surface area contributed by atoms with Crippen LogP contribution in [0.5, 0.6) is 0 Å². The molecule has 6 aromatic carbocycles. The molecule has 0 saturated carbocycles. The van der Waals surface area contributed by atoms with E-state index < -0.39 is 0 Å². The number of rotatable bonds is 3. The van der Waals surface area contributed by atoms with Crippen LogP contribution in [0.25, 0.3) is 54.6 Å². The Hall–Kier alpha value is -4.42. The summed E-state index contributed by atoms with van der Waals surface area (Å²) >= 11 is 0. The van der Waals surface area contributed by atoms with Crippen LogP contribution in [0.3, 0.4) is 0 Å². The van der Waals surface area contributed by atoms with E-state index in [1.54, 1.807) is 0 Å². The molecule has 40 heavy (non-hydrogen) atoms. The molecule has 0 fully saturated rings. The fourth-order valence-electron chi connectivity index (χ4n) is 6.70. The molecular formula is C40H34. The lowest BCUT2D eigenvalue weighted by atomic mass is 9.80. The van der Waals surface area contributed by atoms with Gasteiger partial charge >= 0.3 is 0 Å². The maximum atomic E-state index is 2.46. The van der Waals surface area contributed by atoms with Gasteiger partial charge in [-0.1, -0.05) is 131 Å². The molecule has 0 N–H and O–H groups in total.